The van der Waals surface area contributed by atoms with E-state index in [1.54, 1.807) is 6.33 Å². The molecule has 6 heteroatoms. The van der Waals surface area contributed by atoms with Crippen LogP contribution in [0.4, 0.5) is 11.6 Å². The van der Waals surface area contributed by atoms with Crippen molar-refractivity contribution in [3.05, 3.63) is 23.5 Å². The van der Waals surface area contributed by atoms with Gasteiger partial charge in [0.25, 0.3) is 0 Å². The van der Waals surface area contributed by atoms with Gasteiger partial charge >= 0.3 is 0 Å². The van der Waals surface area contributed by atoms with E-state index >= 15 is 0 Å². The van der Waals surface area contributed by atoms with Crippen LogP contribution in [0.1, 0.15) is 19.3 Å². The highest BCUT2D eigenvalue weighted by Gasteiger charge is 2.23. The van der Waals surface area contributed by atoms with Crippen molar-refractivity contribution in [1.82, 2.24) is 9.97 Å². The van der Waals surface area contributed by atoms with Gasteiger partial charge in [-0.15, -0.1) is 0 Å². The molecular weight excluding hydrogens is 308 g/mol. The Morgan fingerprint density at radius 3 is 3.11 bits per heavy atom. The maximum absolute atomic E-state index is 9.45. The Balaban J connectivity index is 2.10. The van der Waals surface area contributed by atoms with Crippen LogP contribution in [-0.4, -0.2) is 40.8 Å². The highest BCUT2D eigenvalue weighted by Crippen LogP contribution is 2.24. The number of rotatable bonds is 5. The molecule has 2 heterocycles. The van der Waals surface area contributed by atoms with E-state index < -0.39 is 0 Å². The van der Waals surface area contributed by atoms with Gasteiger partial charge in [-0.1, -0.05) is 22.5 Å². The molecule has 1 fully saturated rings. The zero-order valence-corrected chi connectivity index (χ0v) is 12.4. The van der Waals surface area contributed by atoms with Crippen molar-refractivity contribution in [3.8, 4) is 0 Å². The Kier molecular flexibility index (Phi) is 5.15. The maximum Gasteiger partial charge on any atom is 0.134 e. The first-order valence-corrected chi connectivity index (χ1v) is 7.26. The van der Waals surface area contributed by atoms with E-state index in [2.05, 4.69) is 42.7 Å². The normalized spacial score (nSPS) is 19.3. The highest BCUT2D eigenvalue weighted by molar-refractivity contribution is 9.11. The lowest BCUT2D eigenvalue weighted by molar-refractivity contribution is 0.239. The Bertz CT molecular complexity index is 440. The average Bonchev–Trinajstić information content (AvgIpc) is 2.45. The summed E-state index contributed by atoms with van der Waals surface area (Å²) in [6.07, 6.45) is 4.88. The topological polar surface area (TPSA) is 61.3 Å². The van der Waals surface area contributed by atoms with Gasteiger partial charge < -0.3 is 15.3 Å². The summed E-state index contributed by atoms with van der Waals surface area (Å²) < 4.78 is 0.874. The van der Waals surface area contributed by atoms with Crippen LogP contribution in [-0.2, 0) is 0 Å². The lowest BCUT2D eigenvalue weighted by atomic mass is 10.0. The molecule has 2 N–H and O–H groups in total. The van der Waals surface area contributed by atoms with Crippen LogP contribution in [0.2, 0.25) is 0 Å². The van der Waals surface area contributed by atoms with Crippen LogP contribution in [0.15, 0.2) is 23.5 Å². The molecule has 0 radical (unpaired) electrons. The van der Waals surface area contributed by atoms with Crippen molar-refractivity contribution in [2.45, 2.75) is 25.3 Å². The van der Waals surface area contributed by atoms with E-state index in [9.17, 15) is 5.11 Å². The standard InChI is InChI=1S/C13H19BrN4O/c1-10(14)7-15-12-6-13(17-9-16-12)18-5-3-2-4-11(18)8-19/h6,9,11,19H,1-5,7-8H2,(H,15,16,17). The molecule has 0 bridgehead atoms. The van der Waals surface area contributed by atoms with Crippen LogP contribution in [0.25, 0.3) is 0 Å². The molecule has 0 aromatic carbocycles. The maximum atomic E-state index is 9.45. The Morgan fingerprint density at radius 2 is 2.37 bits per heavy atom. The first-order valence-electron chi connectivity index (χ1n) is 6.47. The number of aliphatic hydroxyl groups is 1. The molecule has 1 aromatic heterocycles. The predicted molar refractivity (Wildman–Crippen MR) is 80.7 cm³/mol. The smallest absolute Gasteiger partial charge is 0.134 e. The molecule has 1 aromatic rings. The first kappa shape index (κ1) is 14.3. The fourth-order valence-corrected chi connectivity index (χ4v) is 2.42. The third-order valence-corrected chi connectivity index (χ3v) is 3.53. The molecular formula is C13H19BrN4O. The number of nitrogens with zero attached hydrogens (tertiary/aromatic N) is 3. The third kappa shape index (κ3) is 3.91. The second-order valence-corrected chi connectivity index (χ2v) is 5.78. The molecule has 104 valence electrons. The van der Waals surface area contributed by atoms with Gasteiger partial charge in [-0.3, -0.25) is 0 Å². The van der Waals surface area contributed by atoms with E-state index in [1.807, 2.05) is 6.07 Å². The molecule has 0 amide bonds. The van der Waals surface area contributed by atoms with Crippen molar-refractivity contribution in [1.29, 1.82) is 0 Å². The molecule has 19 heavy (non-hydrogen) atoms. The molecule has 1 aliphatic rings. The number of hydrogen-bond acceptors (Lipinski definition) is 5. The van der Waals surface area contributed by atoms with Gasteiger partial charge in [-0.2, -0.15) is 0 Å². The monoisotopic (exact) mass is 326 g/mol. The number of piperidine rings is 1. The summed E-state index contributed by atoms with van der Waals surface area (Å²) >= 11 is 3.30. The summed E-state index contributed by atoms with van der Waals surface area (Å²) in [5.41, 5.74) is 0. The Morgan fingerprint density at radius 1 is 1.53 bits per heavy atom. The summed E-state index contributed by atoms with van der Waals surface area (Å²) in [5.74, 6) is 1.64. The van der Waals surface area contributed by atoms with Crippen molar-refractivity contribution in [2.24, 2.45) is 0 Å². The molecule has 1 saturated heterocycles. The van der Waals surface area contributed by atoms with Crippen molar-refractivity contribution < 1.29 is 5.11 Å². The minimum absolute atomic E-state index is 0.169. The summed E-state index contributed by atoms with van der Waals surface area (Å²) in [7, 11) is 0. The Labute approximate surface area is 121 Å². The van der Waals surface area contributed by atoms with Gasteiger partial charge in [0.2, 0.25) is 0 Å². The molecule has 1 aliphatic heterocycles. The fraction of sp³-hybridized carbons (Fsp3) is 0.538. The molecule has 1 atom stereocenters. The van der Waals surface area contributed by atoms with Gasteiger partial charge in [0.05, 0.1) is 12.6 Å². The molecule has 0 saturated carbocycles. The second-order valence-electron chi connectivity index (χ2n) is 4.66. The lowest BCUT2D eigenvalue weighted by Gasteiger charge is -2.35. The van der Waals surface area contributed by atoms with E-state index in [0.717, 1.165) is 35.5 Å². The number of halogens is 1. The van der Waals surface area contributed by atoms with Crippen molar-refractivity contribution >= 4 is 27.6 Å². The number of nitrogens with one attached hydrogen (secondary N) is 1. The summed E-state index contributed by atoms with van der Waals surface area (Å²) in [5, 5.41) is 12.6. The second kappa shape index (κ2) is 6.86. The molecule has 0 spiro atoms. The number of anilines is 2. The minimum atomic E-state index is 0.169. The van der Waals surface area contributed by atoms with E-state index in [4.69, 9.17) is 0 Å². The molecule has 2 rings (SSSR count). The SMILES string of the molecule is C=C(Br)CNc1cc(N2CCCCC2CO)ncn1. The van der Waals surface area contributed by atoms with Gasteiger partial charge in [-0.25, -0.2) is 9.97 Å². The van der Waals surface area contributed by atoms with E-state index in [1.165, 1.54) is 6.42 Å². The zero-order valence-electron chi connectivity index (χ0n) is 10.8. The van der Waals surface area contributed by atoms with Crippen LogP contribution >= 0.6 is 15.9 Å². The lowest BCUT2D eigenvalue weighted by Crippen LogP contribution is -2.42. The van der Waals surface area contributed by atoms with Gasteiger partial charge in [0.1, 0.15) is 18.0 Å². The summed E-state index contributed by atoms with van der Waals surface area (Å²) in [6, 6.07) is 2.09. The van der Waals surface area contributed by atoms with Crippen molar-refractivity contribution in [3.63, 3.8) is 0 Å². The highest BCUT2D eigenvalue weighted by atomic mass is 79.9. The van der Waals surface area contributed by atoms with Crippen LogP contribution in [0.5, 0.6) is 0 Å². The largest absolute Gasteiger partial charge is 0.394 e. The predicted octanol–water partition coefficient (Wildman–Crippen LogP) is 2.15. The van der Waals surface area contributed by atoms with Crippen LogP contribution in [0.3, 0.4) is 0 Å². The third-order valence-electron chi connectivity index (χ3n) is 3.25. The summed E-state index contributed by atoms with van der Waals surface area (Å²) in [6.45, 7) is 5.51. The van der Waals surface area contributed by atoms with Gasteiger partial charge in [-0.05, 0) is 19.3 Å². The van der Waals surface area contributed by atoms with Crippen LogP contribution < -0.4 is 10.2 Å². The van der Waals surface area contributed by atoms with E-state index in [0.29, 0.717) is 6.54 Å². The van der Waals surface area contributed by atoms with Gasteiger partial charge in [0.15, 0.2) is 0 Å². The number of hydrogen-bond donors (Lipinski definition) is 2. The van der Waals surface area contributed by atoms with Crippen LogP contribution in [0, 0.1) is 0 Å². The average molecular weight is 327 g/mol. The molecule has 1 unspecified atom stereocenters. The van der Waals surface area contributed by atoms with E-state index in [-0.39, 0.29) is 12.6 Å². The first-order chi connectivity index (χ1) is 9.20. The fourth-order valence-electron chi connectivity index (χ4n) is 2.28. The minimum Gasteiger partial charge on any atom is -0.394 e. The Hall–Kier alpha value is -1.14. The number of aliphatic hydroxyl groups excluding tert-OH is 1. The van der Waals surface area contributed by atoms with Gasteiger partial charge in [0, 0.05) is 23.6 Å². The summed E-state index contributed by atoms with van der Waals surface area (Å²) in [4.78, 5) is 10.7. The quantitative estimate of drug-likeness (QED) is 0.868. The molecule has 0 aliphatic carbocycles. The van der Waals surface area contributed by atoms with Crippen molar-refractivity contribution in [2.75, 3.05) is 29.9 Å². The zero-order chi connectivity index (χ0) is 13.7. The molecule has 5 nitrogen and oxygen atoms in total. The number of aromatic nitrogens is 2.